The zero-order valence-electron chi connectivity index (χ0n) is 7.22. The maximum Gasteiger partial charge on any atom is 0.104 e. The van der Waals surface area contributed by atoms with Crippen LogP contribution >= 0.6 is 0 Å². The lowest BCUT2D eigenvalue weighted by Crippen LogP contribution is -2.22. The second kappa shape index (κ2) is 2.70. The molecule has 0 spiro atoms. The number of hydrogen-bond acceptors (Lipinski definition) is 2. The average molecular weight is 154 g/mol. The van der Waals surface area contributed by atoms with Gasteiger partial charge in [0.1, 0.15) is 5.76 Å². The van der Waals surface area contributed by atoms with E-state index < -0.39 is 0 Å². The Morgan fingerprint density at radius 2 is 2.18 bits per heavy atom. The zero-order valence-corrected chi connectivity index (χ0v) is 7.22. The SMILES string of the molecule is Cc1occc1C(C)(C)CO. The summed E-state index contributed by atoms with van der Waals surface area (Å²) < 4.78 is 5.14. The van der Waals surface area contributed by atoms with Gasteiger partial charge in [-0.1, -0.05) is 13.8 Å². The fourth-order valence-corrected chi connectivity index (χ4v) is 1.17. The monoisotopic (exact) mass is 154 g/mol. The summed E-state index contributed by atoms with van der Waals surface area (Å²) in [5.41, 5.74) is 0.900. The molecule has 0 saturated carbocycles. The topological polar surface area (TPSA) is 33.4 Å². The summed E-state index contributed by atoms with van der Waals surface area (Å²) in [6.07, 6.45) is 1.65. The molecule has 0 aliphatic carbocycles. The van der Waals surface area contributed by atoms with Gasteiger partial charge in [-0.05, 0) is 13.0 Å². The Morgan fingerprint density at radius 3 is 2.55 bits per heavy atom. The number of furan rings is 1. The lowest BCUT2D eigenvalue weighted by molar-refractivity contribution is 0.217. The molecule has 0 aliphatic heterocycles. The first kappa shape index (κ1) is 8.34. The van der Waals surface area contributed by atoms with Crippen LogP contribution in [-0.4, -0.2) is 11.7 Å². The van der Waals surface area contributed by atoms with Crippen molar-refractivity contribution in [2.45, 2.75) is 26.2 Å². The number of aliphatic hydroxyl groups is 1. The lowest BCUT2D eigenvalue weighted by Gasteiger charge is -2.20. The first-order valence-electron chi connectivity index (χ1n) is 3.73. The van der Waals surface area contributed by atoms with Crippen LogP contribution in [0.5, 0.6) is 0 Å². The predicted molar refractivity (Wildman–Crippen MR) is 43.6 cm³/mol. The highest BCUT2D eigenvalue weighted by molar-refractivity contribution is 5.24. The Balaban J connectivity index is 3.00. The third-order valence-corrected chi connectivity index (χ3v) is 1.98. The molecule has 0 atom stereocenters. The van der Waals surface area contributed by atoms with Crippen LogP contribution in [0.1, 0.15) is 25.2 Å². The molecule has 1 rings (SSSR count). The largest absolute Gasteiger partial charge is 0.469 e. The summed E-state index contributed by atoms with van der Waals surface area (Å²) in [5, 5.41) is 9.05. The molecule has 62 valence electrons. The van der Waals surface area contributed by atoms with E-state index in [4.69, 9.17) is 9.52 Å². The summed E-state index contributed by atoms with van der Waals surface area (Å²) in [5.74, 6) is 0.893. The van der Waals surface area contributed by atoms with Crippen molar-refractivity contribution >= 4 is 0 Å². The normalized spacial score (nSPS) is 12.0. The summed E-state index contributed by atoms with van der Waals surface area (Å²) in [6.45, 7) is 6.04. The molecule has 0 aliphatic rings. The fourth-order valence-electron chi connectivity index (χ4n) is 1.17. The number of aryl methyl sites for hydroxylation is 1. The van der Waals surface area contributed by atoms with Gasteiger partial charge in [-0.2, -0.15) is 0 Å². The third kappa shape index (κ3) is 1.46. The molecule has 2 heteroatoms. The van der Waals surface area contributed by atoms with Gasteiger partial charge in [0, 0.05) is 11.0 Å². The quantitative estimate of drug-likeness (QED) is 0.705. The van der Waals surface area contributed by atoms with Crippen molar-refractivity contribution < 1.29 is 9.52 Å². The van der Waals surface area contributed by atoms with Gasteiger partial charge in [0.15, 0.2) is 0 Å². The third-order valence-electron chi connectivity index (χ3n) is 1.98. The van der Waals surface area contributed by atoms with Crippen LogP contribution < -0.4 is 0 Å². The number of hydrogen-bond donors (Lipinski definition) is 1. The Bertz CT molecular complexity index is 235. The van der Waals surface area contributed by atoms with E-state index in [0.717, 1.165) is 11.3 Å². The minimum Gasteiger partial charge on any atom is -0.469 e. The standard InChI is InChI=1S/C9H14O2/c1-7-8(4-5-11-7)9(2,3)6-10/h4-5,10H,6H2,1-3H3. The molecule has 1 N–H and O–H groups in total. The van der Waals surface area contributed by atoms with Crippen molar-refractivity contribution in [2.75, 3.05) is 6.61 Å². The van der Waals surface area contributed by atoms with Crippen molar-refractivity contribution in [3.63, 3.8) is 0 Å². The van der Waals surface area contributed by atoms with Crippen LogP contribution in [0.15, 0.2) is 16.7 Å². The van der Waals surface area contributed by atoms with E-state index in [-0.39, 0.29) is 12.0 Å². The van der Waals surface area contributed by atoms with Crippen molar-refractivity contribution in [1.82, 2.24) is 0 Å². The van der Waals surface area contributed by atoms with Gasteiger partial charge < -0.3 is 9.52 Å². The van der Waals surface area contributed by atoms with E-state index in [1.165, 1.54) is 0 Å². The van der Waals surface area contributed by atoms with Crippen molar-refractivity contribution in [3.8, 4) is 0 Å². The van der Waals surface area contributed by atoms with Crippen LogP contribution in [0, 0.1) is 6.92 Å². The van der Waals surface area contributed by atoms with E-state index in [1.54, 1.807) is 6.26 Å². The first-order valence-corrected chi connectivity index (χ1v) is 3.73. The van der Waals surface area contributed by atoms with Gasteiger partial charge in [-0.25, -0.2) is 0 Å². The highest BCUT2D eigenvalue weighted by Crippen LogP contribution is 2.25. The zero-order chi connectivity index (χ0) is 8.48. The van der Waals surface area contributed by atoms with Crippen LogP contribution in [0.25, 0.3) is 0 Å². The Labute approximate surface area is 66.8 Å². The molecule has 0 aromatic carbocycles. The molecule has 0 saturated heterocycles. The van der Waals surface area contributed by atoms with Crippen LogP contribution in [0.2, 0.25) is 0 Å². The molecule has 2 nitrogen and oxygen atoms in total. The fraction of sp³-hybridized carbons (Fsp3) is 0.556. The van der Waals surface area contributed by atoms with Gasteiger partial charge in [-0.15, -0.1) is 0 Å². The minimum absolute atomic E-state index is 0.146. The highest BCUT2D eigenvalue weighted by Gasteiger charge is 2.22. The summed E-state index contributed by atoms with van der Waals surface area (Å²) in [6, 6.07) is 1.91. The van der Waals surface area contributed by atoms with Gasteiger partial charge in [-0.3, -0.25) is 0 Å². The van der Waals surface area contributed by atoms with Crippen molar-refractivity contribution in [3.05, 3.63) is 23.7 Å². The molecular formula is C9H14O2. The van der Waals surface area contributed by atoms with E-state index >= 15 is 0 Å². The average Bonchev–Trinajstić information content (AvgIpc) is 2.36. The maximum absolute atomic E-state index is 9.05. The van der Waals surface area contributed by atoms with Crippen LogP contribution in [0.3, 0.4) is 0 Å². The summed E-state index contributed by atoms with van der Waals surface area (Å²) >= 11 is 0. The molecule has 1 heterocycles. The molecule has 11 heavy (non-hydrogen) atoms. The summed E-state index contributed by atoms with van der Waals surface area (Å²) in [7, 11) is 0. The van der Waals surface area contributed by atoms with Gasteiger partial charge in [0.2, 0.25) is 0 Å². The second-order valence-corrected chi connectivity index (χ2v) is 3.43. The Kier molecular flexibility index (Phi) is 2.05. The molecule has 0 fully saturated rings. The van der Waals surface area contributed by atoms with E-state index in [9.17, 15) is 0 Å². The van der Waals surface area contributed by atoms with Crippen LogP contribution in [0.4, 0.5) is 0 Å². The van der Waals surface area contributed by atoms with E-state index in [0.29, 0.717) is 0 Å². The Hall–Kier alpha value is -0.760. The number of aliphatic hydroxyl groups excluding tert-OH is 1. The smallest absolute Gasteiger partial charge is 0.104 e. The van der Waals surface area contributed by atoms with Gasteiger partial charge in [0.25, 0.3) is 0 Å². The molecule has 1 aromatic rings. The van der Waals surface area contributed by atoms with Gasteiger partial charge >= 0.3 is 0 Å². The molecule has 1 aromatic heterocycles. The molecule has 0 unspecified atom stereocenters. The van der Waals surface area contributed by atoms with Crippen LogP contribution in [-0.2, 0) is 5.41 Å². The molecule has 0 amide bonds. The lowest BCUT2D eigenvalue weighted by atomic mass is 9.86. The van der Waals surface area contributed by atoms with E-state index in [1.807, 2.05) is 26.8 Å². The molecule has 0 bridgehead atoms. The van der Waals surface area contributed by atoms with E-state index in [2.05, 4.69) is 0 Å². The van der Waals surface area contributed by atoms with Gasteiger partial charge in [0.05, 0.1) is 12.9 Å². The minimum atomic E-state index is -0.183. The summed E-state index contributed by atoms with van der Waals surface area (Å²) in [4.78, 5) is 0. The predicted octanol–water partition coefficient (Wildman–Crippen LogP) is 1.86. The number of rotatable bonds is 2. The second-order valence-electron chi connectivity index (χ2n) is 3.43. The highest BCUT2D eigenvalue weighted by atomic mass is 16.3. The first-order chi connectivity index (χ1) is 5.08. The van der Waals surface area contributed by atoms with Crippen molar-refractivity contribution in [1.29, 1.82) is 0 Å². The molecule has 0 radical (unpaired) electrons. The Morgan fingerprint density at radius 1 is 1.55 bits per heavy atom. The van der Waals surface area contributed by atoms with Crippen molar-refractivity contribution in [2.24, 2.45) is 0 Å². The maximum atomic E-state index is 9.05. The molecular weight excluding hydrogens is 140 g/mol.